The molecule has 0 aromatic heterocycles. The van der Waals surface area contributed by atoms with Crippen LogP contribution in [-0.4, -0.2) is 36.1 Å². The van der Waals surface area contributed by atoms with Gasteiger partial charge in [0.25, 0.3) is 0 Å². The van der Waals surface area contributed by atoms with Crippen LogP contribution in [-0.2, 0) is 0 Å². The van der Waals surface area contributed by atoms with Gasteiger partial charge in [0.1, 0.15) is 0 Å². The summed E-state index contributed by atoms with van der Waals surface area (Å²) in [4.78, 5) is 2.82. The zero-order chi connectivity index (χ0) is 12.3. The monoisotopic (exact) mass is 238 g/mol. The first-order chi connectivity index (χ1) is 8.22. The van der Waals surface area contributed by atoms with Crippen LogP contribution >= 0.6 is 0 Å². The summed E-state index contributed by atoms with van der Waals surface area (Å²) < 4.78 is 0. The Kier molecular flexibility index (Phi) is 4.87. The van der Waals surface area contributed by atoms with Crippen LogP contribution in [0.25, 0.3) is 0 Å². The fourth-order valence-corrected chi connectivity index (χ4v) is 3.66. The van der Waals surface area contributed by atoms with E-state index >= 15 is 0 Å². The second-order valence-corrected chi connectivity index (χ2v) is 6.24. The summed E-state index contributed by atoms with van der Waals surface area (Å²) in [6, 6.07) is 2.30. The number of nitrogens with zero attached hydrogens (tertiary/aromatic N) is 1. The normalized spacial score (nSPS) is 41.1. The lowest BCUT2D eigenvalue weighted by atomic mass is 9.92. The minimum Gasteiger partial charge on any atom is -0.311 e. The van der Waals surface area contributed by atoms with Crippen LogP contribution < -0.4 is 5.32 Å². The first-order valence-corrected chi connectivity index (χ1v) is 7.71. The van der Waals surface area contributed by atoms with Crippen molar-refractivity contribution in [2.45, 2.75) is 77.4 Å². The first-order valence-electron chi connectivity index (χ1n) is 7.71. The molecule has 4 unspecified atom stereocenters. The molecule has 4 atom stereocenters. The molecule has 0 radical (unpaired) electrons. The molecule has 1 aliphatic carbocycles. The predicted molar refractivity (Wildman–Crippen MR) is 74.3 cm³/mol. The van der Waals surface area contributed by atoms with Gasteiger partial charge >= 0.3 is 0 Å². The highest BCUT2D eigenvalue weighted by Gasteiger charge is 2.32. The summed E-state index contributed by atoms with van der Waals surface area (Å²) in [5, 5.41) is 3.68. The third-order valence-corrected chi connectivity index (χ3v) is 4.93. The average molecular weight is 238 g/mol. The van der Waals surface area contributed by atoms with Crippen molar-refractivity contribution in [3.8, 4) is 0 Å². The third-order valence-electron chi connectivity index (χ3n) is 4.93. The fraction of sp³-hybridized carbons (Fsp3) is 1.00. The largest absolute Gasteiger partial charge is 0.311 e. The van der Waals surface area contributed by atoms with Crippen molar-refractivity contribution in [2.24, 2.45) is 5.92 Å². The number of rotatable bonds is 2. The van der Waals surface area contributed by atoms with Crippen LogP contribution in [0.2, 0.25) is 0 Å². The van der Waals surface area contributed by atoms with Crippen LogP contribution in [0.4, 0.5) is 0 Å². The summed E-state index contributed by atoms with van der Waals surface area (Å²) in [6.07, 6.45) is 8.50. The van der Waals surface area contributed by atoms with Crippen molar-refractivity contribution in [1.82, 2.24) is 10.2 Å². The van der Waals surface area contributed by atoms with E-state index in [1.165, 1.54) is 51.6 Å². The lowest BCUT2D eigenvalue weighted by Crippen LogP contribution is -2.59. The maximum Gasteiger partial charge on any atom is 0.0196 e. The van der Waals surface area contributed by atoms with E-state index in [4.69, 9.17) is 0 Å². The van der Waals surface area contributed by atoms with E-state index in [0.29, 0.717) is 0 Å². The van der Waals surface area contributed by atoms with Crippen molar-refractivity contribution < 1.29 is 0 Å². The van der Waals surface area contributed by atoms with E-state index < -0.39 is 0 Å². The topological polar surface area (TPSA) is 15.3 Å². The molecule has 0 spiro atoms. The van der Waals surface area contributed by atoms with Gasteiger partial charge < -0.3 is 5.32 Å². The fourth-order valence-electron chi connectivity index (χ4n) is 3.66. The zero-order valence-corrected chi connectivity index (χ0v) is 11.9. The van der Waals surface area contributed by atoms with Crippen molar-refractivity contribution in [2.75, 3.05) is 13.1 Å². The van der Waals surface area contributed by atoms with Gasteiger partial charge in [-0.3, -0.25) is 4.90 Å². The molecule has 1 heterocycles. The molecule has 1 N–H and O–H groups in total. The van der Waals surface area contributed by atoms with E-state index in [1.54, 1.807) is 0 Å². The summed E-state index contributed by atoms with van der Waals surface area (Å²) in [5.74, 6) is 0.899. The molecule has 0 aromatic rings. The van der Waals surface area contributed by atoms with Crippen LogP contribution in [0.15, 0.2) is 0 Å². The molecule has 0 aromatic carbocycles. The molecule has 1 aliphatic heterocycles. The van der Waals surface area contributed by atoms with Gasteiger partial charge in [-0.05, 0) is 32.1 Å². The Balaban J connectivity index is 2.01. The quantitative estimate of drug-likeness (QED) is 0.744. The lowest BCUT2D eigenvalue weighted by Gasteiger charge is -2.45. The van der Waals surface area contributed by atoms with E-state index in [9.17, 15) is 0 Å². The standard InChI is InChI=1S/C15H30N2/c1-4-14-11-17(13(3)10-16-14)15-9-7-5-6-8-12(15)2/h12-16H,4-11H2,1-3H3. The van der Waals surface area contributed by atoms with Gasteiger partial charge in [-0.2, -0.15) is 0 Å². The van der Waals surface area contributed by atoms with E-state index in [-0.39, 0.29) is 0 Å². The summed E-state index contributed by atoms with van der Waals surface area (Å²) in [5.41, 5.74) is 0. The Hall–Kier alpha value is -0.0800. The molecular weight excluding hydrogens is 208 g/mol. The van der Waals surface area contributed by atoms with Gasteiger partial charge in [0.05, 0.1) is 0 Å². The SMILES string of the molecule is CCC1CN(C2CCCCCC2C)C(C)CN1. The van der Waals surface area contributed by atoms with Crippen LogP contribution in [0.1, 0.15) is 59.3 Å². The number of nitrogens with one attached hydrogen (secondary N) is 1. The van der Waals surface area contributed by atoms with Crippen LogP contribution in [0.3, 0.4) is 0 Å². The zero-order valence-electron chi connectivity index (χ0n) is 11.9. The highest BCUT2D eigenvalue weighted by molar-refractivity contribution is 4.90. The average Bonchev–Trinajstić information content (AvgIpc) is 2.55. The third kappa shape index (κ3) is 3.23. The first kappa shape index (κ1) is 13.4. The molecule has 1 saturated carbocycles. The second kappa shape index (κ2) is 6.19. The Morgan fingerprint density at radius 3 is 2.65 bits per heavy atom. The summed E-state index contributed by atoms with van der Waals surface area (Å²) >= 11 is 0. The molecule has 17 heavy (non-hydrogen) atoms. The van der Waals surface area contributed by atoms with Crippen LogP contribution in [0.5, 0.6) is 0 Å². The Bertz CT molecular complexity index is 229. The summed E-state index contributed by atoms with van der Waals surface area (Å²) in [7, 11) is 0. The number of hydrogen-bond acceptors (Lipinski definition) is 2. The van der Waals surface area contributed by atoms with Gasteiger partial charge in [-0.25, -0.2) is 0 Å². The summed E-state index contributed by atoms with van der Waals surface area (Å²) in [6.45, 7) is 9.64. The molecule has 100 valence electrons. The Morgan fingerprint density at radius 2 is 1.88 bits per heavy atom. The molecule has 0 bridgehead atoms. The minimum atomic E-state index is 0.724. The molecule has 2 rings (SSSR count). The molecule has 2 fully saturated rings. The highest BCUT2D eigenvalue weighted by Crippen LogP contribution is 2.29. The maximum atomic E-state index is 3.68. The van der Waals surface area contributed by atoms with Crippen molar-refractivity contribution in [1.29, 1.82) is 0 Å². The molecule has 2 nitrogen and oxygen atoms in total. The highest BCUT2D eigenvalue weighted by atomic mass is 15.3. The smallest absolute Gasteiger partial charge is 0.0196 e. The van der Waals surface area contributed by atoms with Crippen LogP contribution in [0, 0.1) is 5.92 Å². The predicted octanol–water partition coefficient (Wildman–Crippen LogP) is 3.03. The van der Waals surface area contributed by atoms with Crippen molar-refractivity contribution >= 4 is 0 Å². The maximum absolute atomic E-state index is 3.68. The van der Waals surface area contributed by atoms with E-state index in [2.05, 4.69) is 31.0 Å². The molecule has 2 heteroatoms. The number of hydrogen-bond donors (Lipinski definition) is 1. The van der Waals surface area contributed by atoms with Gasteiger partial charge in [0.2, 0.25) is 0 Å². The van der Waals surface area contributed by atoms with Gasteiger partial charge in [0.15, 0.2) is 0 Å². The molecule has 0 amide bonds. The molecular formula is C15H30N2. The lowest BCUT2D eigenvalue weighted by molar-refractivity contribution is 0.0579. The van der Waals surface area contributed by atoms with E-state index in [0.717, 1.165) is 24.0 Å². The van der Waals surface area contributed by atoms with Crippen molar-refractivity contribution in [3.63, 3.8) is 0 Å². The Labute approximate surface area is 107 Å². The second-order valence-electron chi connectivity index (χ2n) is 6.24. The van der Waals surface area contributed by atoms with Gasteiger partial charge in [-0.1, -0.05) is 33.1 Å². The van der Waals surface area contributed by atoms with Gasteiger partial charge in [-0.15, -0.1) is 0 Å². The Morgan fingerprint density at radius 1 is 1.12 bits per heavy atom. The number of piperazine rings is 1. The minimum absolute atomic E-state index is 0.724. The molecule has 2 aliphatic rings. The molecule has 1 saturated heterocycles. The van der Waals surface area contributed by atoms with E-state index in [1.807, 2.05) is 0 Å². The van der Waals surface area contributed by atoms with Gasteiger partial charge in [0, 0.05) is 31.2 Å². The van der Waals surface area contributed by atoms with Crippen molar-refractivity contribution in [3.05, 3.63) is 0 Å².